The fourth-order valence-electron chi connectivity index (χ4n) is 4.01. The first-order valence-corrected chi connectivity index (χ1v) is 12.0. The minimum Gasteiger partial charge on any atom is -0.435 e. The molecule has 4 rings (SSSR count). The zero-order valence-corrected chi connectivity index (χ0v) is 19.2. The number of hydrogen-bond acceptors (Lipinski definition) is 7. The van der Waals surface area contributed by atoms with Gasteiger partial charge < -0.3 is 15.0 Å². The molecule has 0 radical (unpaired) electrons. The van der Waals surface area contributed by atoms with E-state index in [1.54, 1.807) is 16.7 Å². The van der Waals surface area contributed by atoms with Gasteiger partial charge in [0.2, 0.25) is 11.8 Å². The van der Waals surface area contributed by atoms with Crippen LogP contribution in [0.15, 0.2) is 29.2 Å². The Labute approximate surface area is 197 Å². The summed E-state index contributed by atoms with van der Waals surface area (Å²) in [5.74, 6) is -0.324. The van der Waals surface area contributed by atoms with Gasteiger partial charge in [-0.15, -0.1) is 11.8 Å². The third-order valence-corrected chi connectivity index (χ3v) is 8.07. The van der Waals surface area contributed by atoms with Crippen LogP contribution in [0, 0.1) is 0 Å². The summed E-state index contributed by atoms with van der Waals surface area (Å²) < 4.78 is 28.8. The summed E-state index contributed by atoms with van der Waals surface area (Å²) in [5, 5.41) is 2.27. The number of halogens is 2. The van der Waals surface area contributed by atoms with Crippen LogP contribution in [-0.2, 0) is 14.4 Å². The molecule has 8 nitrogen and oxygen atoms in total. The summed E-state index contributed by atoms with van der Waals surface area (Å²) in [6.45, 7) is -0.897. The average molecular weight is 498 g/mol. The largest absolute Gasteiger partial charge is 0.435 e. The number of imide groups is 1. The van der Waals surface area contributed by atoms with Crippen molar-refractivity contribution in [3.63, 3.8) is 0 Å². The zero-order chi connectivity index (χ0) is 23.8. The van der Waals surface area contributed by atoms with E-state index >= 15 is 0 Å². The van der Waals surface area contributed by atoms with Crippen LogP contribution in [0.25, 0.3) is 6.08 Å². The van der Waals surface area contributed by atoms with Crippen LogP contribution in [0.2, 0.25) is 0 Å². The number of nitrogens with one attached hydrogen (secondary N) is 1. The molecule has 3 aliphatic rings. The van der Waals surface area contributed by atoms with Gasteiger partial charge >= 0.3 is 6.61 Å². The van der Waals surface area contributed by atoms with Crippen LogP contribution in [0.4, 0.5) is 13.6 Å². The van der Waals surface area contributed by atoms with Gasteiger partial charge in [0.25, 0.3) is 11.1 Å². The van der Waals surface area contributed by atoms with Crippen molar-refractivity contribution < 1.29 is 32.7 Å². The average Bonchev–Trinajstić information content (AvgIpc) is 3.35. The molecule has 1 N–H and O–H groups in total. The van der Waals surface area contributed by atoms with Crippen molar-refractivity contribution in [3.8, 4) is 5.75 Å². The van der Waals surface area contributed by atoms with Gasteiger partial charge in [0, 0.05) is 25.3 Å². The highest BCUT2D eigenvalue weighted by Crippen LogP contribution is 2.47. The van der Waals surface area contributed by atoms with Crippen molar-refractivity contribution in [1.82, 2.24) is 15.1 Å². The molecule has 0 saturated carbocycles. The molecule has 0 spiro atoms. The van der Waals surface area contributed by atoms with Gasteiger partial charge in [0.1, 0.15) is 11.8 Å². The van der Waals surface area contributed by atoms with Gasteiger partial charge in [-0.1, -0.05) is 12.1 Å². The van der Waals surface area contributed by atoms with Crippen molar-refractivity contribution in [1.29, 1.82) is 0 Å². The second-order valence-corrected chi connectivity index (χ2v) is 10.3. The predicted octanol–water partition coefficient (Wildman–Crippen LogP) is 2.89. The number of carbonyl (C=O) groups excluding carboxylic acids is 4. The molecule has 0 aromatic heterocycles. The molecule has 4 amide bonds. The number of alkyl halides is 2. The van der Waals surface area contributed by atoms with E-state index in [0.717, 1.165) is 16.7 Å². The summed E-state index contributed by atoms with van der Waals surface area (Å²) >= 11 is 2.36. The lowest BCUT2D eigenvalue weighted by Gasteiger charge is -2.29. The molecule has 176 valence electrons. The SMILES string of the molecule is C[C@@]12CCC(=O)N1[C@H](C(=O)NCCN1C(=O)S/C(=C\c3ccc(OC(F)F)cc3)C1=O)CS2. The number of thioether (sulfide) groups is 2. The second-order valence-electron chi connectivity index (χ2n) is 7.84. The first kappa shape index (κ1) is 23.6. The third kappa shape index (κ3) is 4.86. The molecule has 3 fully saturated rings. The Kier molecular flexibility index (Phi) is 6.66. The molecule has 0 bridgehead atoms. The predicted molar refractivity (Wildman–Crippen MR) is 119 cm³/mol. The van der Waals surface area contributed by atoms with Crippen molar-refractivity contribution in [2.24, 2.45) is 0 Å². The molecule has 3 heterocycles. The quantitative estimate of drug-likeness (QED) is 0.579. The number of nitrogens with zero attached hydrogens (tertiary/aromatic N) is 2. The minimum atomic E-state index is -2.93. The number of fused-ring (bicyclic) bond motifs is 1. The number of rotatable bonds is 7. The first-order valence-electron chi connectivity index (χ1n) is 10.2. The van der Waals surface area contributed by atoms with Crippen LogP contribution in [0.5, 0.6) is 5.75 Å². The van der Waals surface area contributed by atoms with Crippen molar-refractivity contribution >= 4 is 52.6 Å². The van der Waals surface area contributed by atoms with Crippen molar-refractivity contribution in [3.05, 3.63) is 34.7 Å². The normalized spacial score (nSPS) is 26.0. The molecule has 2 atom stereocenters. The number of carbonyl (C=O) groups is 4. The lowest BCUT2D eigenvalue weighted by Crippen LogP contribution is -2.51. The lowest BCUT2D eigenvalue weighted by molar-refractivity contribution is -0.137. The second kappa shape index (κ2) is 9.34. The Morgan fingerprint density at radius 1 is 1.30 bits per heavy atom. The molecule has 3 saturated heterocycles. The molecule has 12 heteroatoms. The summed E-state index contributed by atoms with van der Waals surface area (Å²) in [6.07, 6.45) is 2.63. The number of ether oxygens (including phenoxy) is 1. The Hall–Kier alpha value is -2.60. The molecule has 0 unspecified atom stereocenters. The van der Waals surface area contributed by atoms with E-state index in [2.05, 4.69) is 10.1 Å². The number of hydrogen-bond donors (Lipinski definition) is 1. The van der Waals surface area contributed by atoms with Gasteiger partial charge in [0.15, 0.2) is 0 Å². The first-order chi connectivity index (χ1) is 15.7. The van der Waals surface area contributed by atoms with Gasteiger partial charge in [-0.3, -0.25) is 24.1 Å². The zero-order valence-electron chi connectivity index (χ0n) is 17.6. The highest BCUT2D eigenvalue weighted by molar-refractivity contribution is 8.18. The molecule has 1 aromatic rings. The van der Waals surface area contributed by atoms with E-state index in [-0.39, 0.29) is 40.4 Å². The van der Waals surface area contributed by atoms with Gasteiger partial charge in [-0.25, -0.2) is 0 Å². The fraction of sp³-hybridized carbons (Fsp3) is 0.429. The van der Waals surface area contributed by atoms with Crippen LogP contribution < -0.4 is 10.1 Å². The Morgan fingerprint density at radius 3 is 2.73 bits per heavy atom. The molecular formula is C21H21F2N3O5S2. The highest BCUT2D eigenvalue weighted by Gasteiger charge is 2.52. The van der Waals surface area contributed by atoms with E-state index in [1.165, 1.54) is 30.3 Å². The van der Waals surface area contributed by atoms with E-state index in [0.29, 0.717) is 24.2 Å². The third-order valence-electron chi connectivity index (χ3n) is 5.66. The molecular weight excluding hydrogens is 476 g/mol. The lowest BCUT2D eigenvalue weighted by atomic mass is 10.2. The maximum Gasteiger partial charge on any atom is 0.387 e. The minimum absolute atomic E-state index is 0.00000985. The maximum atomic E-state index is 12.6. The van der Waals surface area contributed by atoms with Crippen LogP contribution in [-0.4, -0.2) is 69.1 Å². The van der Waals surface area contributed by atoms with E-state index in [9.17, 15) is 28.0 Å². The van der Waals surface area contributed by atoms with Crippen LogP contribution in [0.3, 0.4) is 0 Å². The monoisotopic (exact) mass is 497 g/mol. The van der Waals surface area contributed by atoms with Gasteiger partial charge in [0.05, 0.1) is 9.78 Å². The summed E-state index contributed by atoms with van der Waals surface area (Å²) in [7, 11) is 0. The molecule has 33 heavy (non-hydrogen) atoms. The van der Waals surface area contributed by atoms with E-state index < -0.39 is 23.8 Å². The fourth-order valence-corrected chi connectivity index (χ4v) is 6.31. The molecule has 1 aromatic carbocycles. The Morgan fingerprint density at radius 2 is 2.03 bits per heavy atom. The van der Waals surface area contributed by atoms with Gasteiger partial charge in [-0.2, -0.15) is 8.78 Å². The van der Waals surface area contributed by atoms with E-state index in [1.807, 2.05) is 6.92 Å². The molecule has 0 aliphatic carbocycles. The highest BCUT2D eigenvalue weighted by atomic mass is 32.2. The van der Waals surface area contributed by atoms with Crippen molar-refractivity contribution in [2.45, 2.75) is 37.3 Å². The summed E-state index contributed by atoms with van der Waals surface area (Å²) in [4.78, 5) is 52.3. The summed E-state index contributed by atoms with van der Waals surface area (Å²) in [6, 6.07) is 5.13. The summed E-state index contributed by atoms with van der Waals surface area (Å²) in [5.41, 5.74) is 0.549. The Balaban J connectivity index is 1.32. The smallest absolute Gasteiger partial charge is 0.387 e. The topological polar surface area (TPSA) is 96.0 Å². The Bertz CT molecular complexity index is 1020. The standard InChI is InChI=1S/C21H21F2N3O5S2/c1-21-7-6-16(27)26(21)14(11-32-21)17(28)24-8-9-25-18(29)15(33-20(25)30)10-12-2-4-13(5-3-12)31-19(22)23/h2-5,10,14,19H,6-9,11H2,1H3,(H,24,28)/b15-10-/t14-,21+/m0/s1. The van der Waals surface area contributed by atoms with Crippen molar-refractivity contribution in [2.75, 3.05) is 18.8 Å². The maximum absolute atomic E-state index is 12.6. The number of benzene rings is 1. The van der Waals surface area contributed by atoms with E-state index in [4.69, 9.17) is 0 Å². The van der Waals surface area contributed by atoms with Crippen LogP contribution in [0.1, 0.15) is 25.3 Å². The molecule has 3 aliphatic heterocycles. The number of amides is 4. The van der Waals surface area contributed by atoms with Crippen LogP contribution >= 0.6 is 23.5 Å². The van der Waals surface area contributed by atoms with Gasteiger partial charge in [-0.05, 0) is 48.9 Å².